The average molecular weight is 864 g/mol. The van der Waals surface area contributed by atoms with Gasteiger partial charge in [-0.15, -0.1) is 11.8 Å². The predicted molar refractivity (Wildman–Crippen MR) is 243 cm³/mol. The van der Waals surface area contributed by atoms with Crippen LogP contribution in [0.15, 0.2) is 131 Å². The molecule has 6 aromatic rings. The third-order valence-corrected chi connectivity index (χ3v) is 14.1. The van der Waals surface area contributed by atoms with Crippen molar-refractivity contribution in [2.45, 2.75) is 40.6 Å². The summed E-state index contributed by atoms with van der Waals surface area (Å²) in [6, 6.07) is 36.3. The van der Waals surface area contributed by atoms with Crippen LogP contribution < -0.4 is 14.9 Å². The molecule has 8 rings (SSSR count). The van der Waals surface area contributed by atoms with Crippen LogP contribution in [0.25, 0.3) is 22.0 Å². The van der Waals surface area contributed by atoms with Crippen LogP contribution in [-0.4, -0.2) is 91.7 Å². The molecular weight excluding hydrogens is 816 g/mol. The molecule has 310 valence electrons. The van der Waals surface area contributed by atoms with Crippen LogP contribution in [-0.2, 0) is 15.6 Å². The van der Waals surface area contributed by atoms with Gasteiger partial charge in [0.15, 0.2) is 5.82 Å². The zero-order chi connectivity index (χ0) is 41.9. The zero-order valence-electron chi connectivity index (χ0n) is 33.5. The minimum absolute atomic E-state index is 0.0435. The van der Waals surface area contributed by atoms with E-state index >= 15 is 0 Å². The molecule has 0 spiro atoms. The highest BCUT2D eigenvalue weighted by Gasteiger charge is 2.51. The van der Waals surface area contributed by atoms with Gasteiger partial charge < -0.3 is 15.1 Å². The van der Waals surface area contributed by atoms with Crippen LogP contribution in [0.2, 0.25) is 5.02 Å². The maximum absolute atomic E-state index is 13.8. The Balaban J connectivity index is 0.960. The summed E-state index contributed by atoms with van der Waals surface area (Å²) in [5, 5.41) is 16.9. The predicted octanol–water partition coefficient (Wildman–Crippen LogP) is 9.00. The smallest absolute Gasteiger partial charge is 0.293 e. The minimum atomic E-state index is -4.27. The Kier molecular flexibility index (Phi) is 12.3. The number of nitro groups is 1. The van der Waals surface area contributed by atoms with E-state index < -0.39 is 14.9 Å². The molecule has 0 unspecified atom stereocenters. The number of nitrogens with one attached hydrogen (secondary N) is 2. The standard InChI is InChI=1S/C45H47ClN8O4S2/c1-51(2)22-19-34(30-59-36-11-7-4-8-12-36)49-41-18-15-37(29-43(41)54(55)56)60(57,58)50-44-39-17-14-35(28-42(39)47-31-48-44)52-23-25-53(26-24-52)45(20-21-45)40-27-33(46)13-16-38(40)32-9-5-3-6-10-32/h3-18,27-29,31,34,49H,19-26,30H2,1-2H3,(H,47,48,50)/t34-/m1/s1. The SMILES string of the molecule is CN(C)CC[C@H](CSc1ccccc1)Nc1ccc(S(=O)(=O)Nc2ncnc3cc(N4CCN(C5(c6cc(Cl)ccc6-c6ccccc6)CC5)CC4)ccc23)cc1[N+](=O)[O-]. The summed E-state index contributed by atoms with van der Waals surface area (Å²) in [5.74, 6) is 0.755. The van der Waals surface area contributed by atoms with Gasteiger partial charge in [0.2, 0.25) is 0 Å². The van der Waals surface area contributed by atoms with Crippen molar-refractivity contribution in [3.63, 3.8) is 0 Å². The van der Waals surface area contributed by atoms with Gasteiger partial charge in [0.25, 0.3) is 15.7 Å². The fraction of sp³-hybridized carbons (Fsp3) is 0.289. The Labute approximate surface area is 360 Å². The van der Waals surface area contributed by atoms with Crippen LogP contribution in [0.3, 0.4) is 0 Å². The topological polar surface area (TPSA) is 137 Å². The molecule has 0 radical (unpaired) electrons. The highest BCUT2D eigenvalue weighted by Crippen LogP contribution is 2.54. The molecule has 12 nitrogen and oxygen atoms in total. The van der Waals surface area contributed by atoms with Crippen LogP contribution in [0.1, 0.15) is 24.8 Å². The molecule has 1 aliphatic carbocycles. The van der Waals surface area contributed by atoms with Crippen molar-refractivity contribution in [3.05, 3.63) is 142 Å². The zero-order valence-corrected chi connectivity index (χ0v) is 35.9. The summed E-state index contributed by atoms with van der Waals surface area (Å²) in [6.45, 7) is 4.13. The van der Waals surface area contributed by atoms with Crippen molar-refractivity contribution in [1.29, 1.82) is 0 Å². The lowest BCUT2D eigenvalue weighted by atomic mass is 9.92. The molecule has 0 amide bonds. The van der Waals surface area contributed by atoms with E-state index in [0.717, 1.165) is 73.7 Å². The van der Waals surface area contributed by atoms with Crippen molar-refractivity contribution >= 4 is 67.2 Å². The number of fused-ring (bicyclic) bond motifs is 1. The third-order valence-electron chi connectivity index (χ3n) is 11.3. The second-order valence-electron chi connectivity index (χ2n) is 15.6. The summed E-state index contributed by atoms with van der Waals surface area (Å²) in [5.41, 5.74) is 5.14. The van der Waals surface area contributed by atoms with Gasteiger partial charge in [-0.3, -0.25) is 19.7 Å². The maximum atomic E-state index is 13.8. The lowest BCUT2D eigenvalue weighted by Crippen LogP contribution is -2.50. The molecule has 1 atom stereocenters. The molecule has 2 N–H and O–H groups in total. The highest BCUT2D eigenvalue weighted by molar-refractivity contribution is 7.99. The van der Waals surface area contributed by atoms with Gasteiger partial charge in [-0.2, -0.15) is 0 Å². The number of sulfonamides is 1. The summed E-state index contributed by atoms with van der Waals surface area (Å²) in [4.78, 5) is 28.4. The molecule has 2 heterocycles. The van der Waals surface area contributed by atoms with E-state index in [0.29, 0.717) is 16.7 Å². The molecule has 2 aliphatic rings. The second kappa shape index (κ2) is 17.8. The fourth-order valence-electron chi connectivity index (χ4n) is 8.04. The van der Waals surface area contributed by atoms with Crippen LogP contribution in [0.4, 0.5) is 22.9 Å². The van der Waals surface area contributed by atoms with E-state index in [9.17, 15) is 18.5 Å². The Morgan fingerprint density at radius 1 is 0.900 bits per heavy atom. The summed E-state index contributed by atoms with van der Waals surface area (Å²) >= 11 is 8.24. The highest BCUT2D eigenvalue weighted by atomic mass is 35.5. The summed E-state index contributed by atoms with van der Waals surface area (Å²) < 4.78 is 30.2. The molecule has 1 aromatic heterocycles. The first kappa shape index (κ1) is 41.5. The minimum Gasteiger partial charge on any atom is -0.376 e. The van der Waals surface area contributed by atoms with Gasteiger partial charge in [-0.25, -0.2) is 18.4 Å². The van der Waals surface area contributed by atoms with E-state index in [4.69, 9.17) is 11.6 Å². The number of anilines is 3. The molecule has 15 heteroatoms. The van der Waals surface area contributed by atoms with Gasteiger partial charge >= 0.3 is 0 Å². The van der Waals surface area contributed by atoms with Crippen molar-refractivity contribution in [2.24, 2.45) is 0 Å². The van der Waals surface area contributed by atoms with Gasteiger partial charge in [0, 0.05) is 70.6 Å². The Hall–Kier alpha value is -5.25. The summed E-state index contributed by atoms with van der Waals surface area (Å²) in [6.07, 6.45) is 4.22. The van der Waals surface area contributed by atoms with Crippen LogP contribution in [0.5, 0.6) is 0 Å². The maximum Gasteiger partial charge on any atom is 0.293 e. The van der Waals surface area contributed by atoms with Gasteiger partial charge in [-0.1, -0.05) is 66.2 Å². The molecule has 60 heavy (non-hydrogen) atoms. The number of benzene rings is 5. The Morgan fingerprint density at radius 2 is 1.63 bits per heavy atom. The molecule has 2 fully saturated rings. The number of hydrogen-bond acceptors (Lipinski definition) is 11. The van der Waals surface area contributed by atoms with Crippen molar-refractivity contribution in [1.82, 2.24) is 19.8 Å². The first-order valence-corrected chi connectivity index (χ1v) is 22.8. The fourth-order valence-corrected chi connectivity index (χ4v) is 10.3. The largest absolute Gasteiger partial charge is 0.376 e. The van der Waals surface area contributed by atoms with E-state index in [1.165, 1.54) is 35.2 Å². The molecule has 0 bridgehead atoms. The number of piperazine rings is 1. The Morgan fingerprint density at radius 3 is 2.33 bits per heavy atom. The second-order valence-corrected chi connectivity index (χ2v) is 18.8. The number of halogens is 1. The van der Waals surface area contributed by atoms with Crippen LogP contribution in [0, 0.1) is 10.1 Å². The van der Waals surface area contributed by atoms with Crippen molar-refractivity contribution < 1.29 is 13.3 Å². The number of nitro benzene ring substituents is 1. The lowest BCUT2D eigenvalue weighted by Gasteiger charge is -2.41. The van der Waals surface area contributed by atoms with E-state index in [1.807, 2.05) is 74.8 Å². The molecule has 1 saturated heterocycles. The average Bonchev–Trinajstić information content (AvgIpc) is 4.07. The van der Waals surface area contributed by atoms with Crippen LogP contribution >= 0.6 is 23.4 Å². The number of nitrogens with zero attached hydrogens (tertiary/aromatic N) is 6. The number of aromatic nitrogens is 2. The summed E-state index contributed by atoms with van der Waals surface area (Å²) in [7, 11) is -0.315. The first-order chi connectivity index (χ1) is 29.0. The number of hydrogen-bond donors (Lipinski definition) is 2. The van der Waals surface area contributed by atoms with Crippen molar-refractivity contribution in [2.75, 3.05) is 67.5 Å². The quantitative estimate of drug-likeness (QED) is 0.0548. The number of thioether (sulfide) groups is 1. The monoisotopic (exact) mass is 862 g/mol. The van der Waals surface area contributed by atoms with E-state index in [-0.39, 0.29) is 33.7 Å². The van der Waals surface area contributed by atoms with E-state index in [2.05, 4.69) is 71.1 Å². The van der Waals surface area contributed by atoms with E-state index in [1.54, 1.807) is 11.8 Å². The lowest BCUT2D eigenvalue weighted by molar-refractivity contribution is -0.384. The molecule has 5 aromatic carbocycles. The molecule has 1 saturated carbocycles. The molecule has 1 aliphatic heterocycles. The normalized spacial score (nSPS) is 15.8. The van der Waals surface area contributed by atoms with Gasteiger partial charge in [0.1, 0.15) is 12.0 Å². The van der Waals surface area contributed by atoms with Crippen molar-refractivity contribution in [3.8, 4) is 11.1 Å². The Bertz CT molecular complexity index is 2590. The third kappa shape index (κ3) is 9.22. The molecular formula is C45H47ClN8O4S2. The first-order valence-electron chi connectivity index (χ1n) is 20.0. The van der Waals surface area contributed by atoms with Gasteiger partial charge in [0.05, 0.1) is 15.3 Å². The number of rotatable bonds is 16. The van der Waals surface area contributed by atoms with Gasteiger partial charge in [-0.05, 0) is 111 Å².